The molecule has 1 aliphatic heterocycles. The van der Waals surface area contributed by atoms with Crippen LogP contribution in [0.1, 0.15) is 40.0 Å². The van der Waals surface area contributed by atoms with Crippen molar-refractivity contribution in [3.63, 3.8) is 0 Å². The Kier molecular flexibility index (Phi) is 5.04. The number of ether oxygens (including phenoxy) is 2. The summed E-state index contributed by atoms with van der Waals surface area (Å²) < 4.78 is 10.5. The van der Waals surface area contributed by atoms with Crippen molar-refractivity contribution >= 4 is 5.97 Å². The molecule has 2 aliphatic rings. The molecule has 5 heteroatoms. The number of methoxy groups -OCH3 is 1. The van der Waals surface area contributed by atoms with E-state index in [2.05, 4.69) is 24.1 Å². The van der Waals surface area contributed by atoms with Gasteiger partial charge in [-0.05, 0) is 40.0 Å². The van der Waals surface area contributed by atoms with E-state index in [0.29, 0.717) is 18.1 Å². The Morgan fingerprint density at radius 1 is 1.55 bits per heavy atom. The molecule has 3 unspecified atom stereocenters. The lowest BCUT2D eigenvalue weighted by Gasteiger charge is -2.41. The zero-order chi connectivity index (χ0) is 14.8. The molecule has 0 bridgehead atoms. The Morgan fingerprint density at radius 2 is 2.25 bits per heavy atom. The third-order valence-electron chi connectivity index (χ3n) is 4.42. The first-order valence-electron chi connectivity index (χ1n) is 7.66. The van der Waals surface area contributed by atoms with Crippen molar-refractivity contribution in [3.05, 3.63) is 0 Å². The molecule has 1 saturated heterocycles. The van der Waals surface area contributed by atoms with Crippen LogP contribution >= 0.6 is 0 Å². The Labute approximate surface area is 122 Å². The molecule has 1 saturated carbocycles. The van der Waals surface area contributed by atoms with E-state index in [1.165, 1.54) is 7.11 Å². The summed E-state index contributed by atoms with van der Waals surface area (Å²) in [6.45, 7) is 8.83. The minimum absolute atomic E-state index is 0.155. The maximum absolute atomic E-state index is 12.2. The van der Waals surface area contributed by atoms with Crippen molar-refractivity contribution in [2.45, 2.75) is 63.7 Å². The van der Waals surface area contributed by atoms with Crippen LogP contribution in [0.5, 0.6) is 0 Å². The van der Waals surface area contributed by atoms with Gasteiger partial charge in [0.25, 0.3) is 0 Å². The van der Waals surface area contributed by atoms with Crippen LogP contribution in [0.4, 0.5) is 0 Å². The van der Waals surface area contributed by atoms with Crippen molar-refractivity contribution in [2.75, 3.05) is 26.9 Å². The van der Waals surface area contributed by atoms with Crippen LogP contribution in [0.3, 0.4) is 0 Å². The van der Waals surface area contributed by atoms with Crippen molar-refractivity contribution < 1.29 is 14.3 Å². The summed E-state index contributed by atoms with van der Waals surface area (Å²) in [6, 6.07) is 1.21. The number of carbonyl (C=O) groups excluding carboxylic acids is 1. The number of hydrogen-bond donors (Lipinski definition) is 1. The summed E-state index contributed by atoms with van der Waals surface area (Å²) in [6.07, 6.45) is 3.09. The van der Waals surface area contributed by atoms with Crippen LogP contribution < -0.4 is 5.32 Å². The molecule has 0 aromatic rings. The summed E-state index contributed by atoms with van der Waals surface area (Å²) in [5, 5.41) is 3.47. The predicted molar refractivity (Wildman–Crippen MR) is 77.6 cm³/mol. The first kappa shape index (κ1) is 15.7. The van der Waals surface area contributed by atoms with Crippen LogP contribution in [0.2, 0.25) is 0 Å². The topological polar surface area (TPSA) is 50.8 Å². The molecule has 0 radical (unpaired) electrons. The summed E-state index contributed by atoms with van der Waals surface area (Å²) in [4.78, 5) is 14.6. The summed E-state index contributed by atoms with van der Waals surface area (Å²) in [5.74, 6) is -0.155. The normalized spacial score (nSPS) is 28.7. The van der Waals surface area contributed by atoms with Gasteiger partial charge in [-0.2, -0.15) is 0 Å². The largest absolute Gasteiger partial charge is 0.468 e. The van der Waals surface area contributed by atoms with Crippen LogP contribution in [-0.2, 0) is 14.3 Å². The van der Waals surface area contributed by atoms with Gasteiger partial charge >= 0.3 is 5.97 Å². The minimum atomic E-state index is -0.590. The molecular formula is C15H28N2O3. The monoisotopic (exact) mass is 284 g/mol. The number of carbonyl (C=O) groups is 1. The van der Waals surface area contributed by atoms with E-state index >= 15 is 0 Å². The van der Waals surface area contributed by atoms with Gasteiger partial charge in [-0.1, -0.05) is 0 Å². The average Bonchev–Trinajstić information content (AvgIpc) is 3.21. The summed E-state index contributed by atoms with van der Waals surface area (Å²) in [5.41, 5.74) is -0.590. The van der Waals surface area contributed by atoms with Crippen molar-refractivity contribution in [3.8, 4) is 0 Å². The highest BCUT2D eigenvalue weighted by Gasteiger charge is 2.41. The zero-order valence-electron chi connectivity index (χ0n) is 13.1. The quantitative estimate of drug-likeness (QED) is 0.742. The van der Waals surface area contributed by atoms with Crippen LogP contribution in [0, 0.1) is 0 Å². The number of hydrogen-bond acceptors (Lipinski definition) is 5. The first-order chi connectivity index (χ1) is 9.46. The SMILES string of the molecule is COC(=O)C(C)(CC(C)N1CCOCC1C)NC1CC1. The fraction of sp³-hybridized carbons (Fsp3) is 0.933. The Morgan fingerprint density at radius 3 is 2.80 bits per heavy atom. The van der Waals surface area contributed by atoms with Crippen LogP contribution in [0.15, 0.2) is 0 Å². The zero-order valence-corrected chi connectivity index (χ0v) is 13.1. The van der Waals surface area contributed by atoms with Crippen LogP contribution in [0.25, 0.3) is 0 Å². The molecule has 1 heterocycles. The Balaban J connectivity index is 2.00. The molecule has 2 rings (SSSR count). The number of nitrogens with zero attached hydrogens (tertiary/aromatic N) is 1. The molecule has 5 nitrogen and oxygen atoms in total. The Bertz CT molecular complexity index is 346. The molecule has 0 aromatic carbocycles. The molecule has 0 spiro atoms. The van der Waals surface area contributed by atoms with Crippen molar-refractivity contribution in [2.24, 2.45) is 0 Å². The second kappa shape index (κ2) is 6.41. The number of morpholine rings is 1. The summed E-state index contributed by atoms with van der Waals surface area (Å²) in [7, 11) is 1.47. The fourth-order valence-corrected chi connectivity index (χ4v) is 3.21. The molecule has 0 aromatic heterocycles. The molecule has 0 amide bonds. The standard InChI is InChI=1S/C15H28N2O3/c1-11(17-7-8-20-10-12(17)2)9-15(3,14(18)19-4)16-13-5-6-13/h11-13,16H,5-10H2,1-4H3. The molecule has 116 valence electrons. The molecule has 3 atom stereocenters. The van der Waals surface area contributed by atoms with Gasteiger partial charge in [0.15, 0.2) is 0 Å². The van der Waals surface area contributed by atoms with E-state index in [1.54, 1.807) is 0 Å². The van der Waals surface area contributed by atoms with E-state index in [4.69, 9.17) is 9.47 Å². The van der Waals surface area contributed by atoms with Gasteiger partial charge in [-0.25, -0.2) is 0 Å². The number of rotatable bonds is 6. The second-order valence-corrected chi connectivity index (χ2v) is 6.46. The van der Waals surface area contributed by atoms with Crippen molar-refractivity contribution in [1.29, 1.82) is 0 Å². The molecular weight excluding hydrogens is 256 g/mol. The van der Waals surface area contributed by atoms with Gasteiger partial charge in [0, 0.05) is 24.7 Å². The van der Waals surface area contributed by atoms with Gasteiger partial charge in [-0.3, -0.25) is 15.0 Å². The van der Waals surface area contributed by atoms with Gasteiger partial charge in [0.05, 0.1) is 20.3 Å². The molecule has 1 N–H and O–H groups in total. The first-order valence-corrected chi connectivity index (χ1v) is 7.66. The molecule has 1 aliphatic carbocycles. The van der Waals surface area contributed by atoms with Gasteiger partial charge in [-0.15, -0.1) is 0 Å². The average molecular weight is 284 g/mol. The molecule has 2 fully saturated rings. The Hall–Kier alpha value is -0.650. The summed E-state index contributed by atoms with van der Waals surface area (Å²) >= 11 is 0. The van der Waals surface area contributed by atoms with E-state index in [1.807, 2.05) is 6.92 Å². The van der Waals surface area contributed by atoms with Gasteiger partial charge < -0.3 is 9.47 Å². The lowest BCUT2D eigenvalue weighted by atomic mass is 9.91. The predicted octanol–water partition coefficient (Wildman–Crippen LogP) is 1.17. The lowest BCUT2D eigenvalue weighted by Crippen LogP contribution is -2.57. The molecule has 20 heavy (non-hydrogen) atoms. The van der Waals surface area contributed by atoms with E-state index in [0.717, 1.165) is 39.0 Å². The van der Waals surface area contributed by atoms with E-state index < -0.39 is 5.54 Å². The number of nitrogens with one attached hydrogen (secondary N) is 1. The highest BCUT2D eigenvalue weighted by atomic mass is 16.5. The van der Waals surface area contributed by atoms with E-state index in [-0.39, 0.29) is 5.97 Å². The van der Waals surface area contributed by atoms with Gasteiger partial charge in [0.2, 0.25) is 0 Å². The van der Waals surface area contributed by atoms with Gasteiger partial charge in [0.1, 0.15) is 5.54 Å². The van der Waals surface area contributed by atoms with E-state index in [9.17, 15) is 4.79 Å². The van der Waals surface area contributed by atoms with Crippen molar-refractivity contribution in [1.82, 2.24) is 10.2 Å². The number of esters is 1. The maximum atomic E-state index is 12.2. The highest BCUT2D eigenvalue weighted by molar-refractivity contribution is 5.80. The smallest absolute Gasteiger partial charge is 0.325 e. The fourth-order valence-electron chi connectivity index (χ4n) is 3.21. The highest BCUT2D eigenvalue weighted by Crippen LogP contribution is 2.27. The van der Waals surface area contributed by atoms with Crippen LogP contribution in [-0.4, -0.2) is 61.4 Å². The maximum Gasteiger partial charge on any atom is 0.325 e. The lowest BCUT2D eigenvalue weighted by molar-refractivity contribution is -0.149. The third-order valence-corrected chi connectivity index (χ3v) is 4.42. The minimum Gasteiger partial charge on any atom is -0.468 e. The second-order valence-electron chi connectivity index (χ2n) is 6.46. The third kappa shape index (κ3) is 3.71.